The average Bonchev–Trinajstić information content (AvgIpc) is 2.71. The van der Waals surface area contributed by atoms with E-state index in [-0.39, 0.29) is 27.0 Å². The van der Waals surface area contributed by atoms with Gasteiger partial charge in [0.15, 0.2) is 0 Å². The predicted octanol–water partition coefficient (Wildman–Crippen LogP) is 4.20. The van der Waals surface area contributed by atoms with Crippen molar-refractivity contribution < 1.29 is 18.4 Å². The number of hydrogen-bond acceptors (Lipinski definition) is 7. The van der Waals surface area contributed by atoms with Crippen molar-refractivity contribution in [3.63, 3.8) is 0 Å². The van der Waals surface area contributed by atoms with Gasteiger partial charge in [0.05, 0.1) is 27.5 Å². The van der Waals surface area contributed by atoms with Crippen molar-refractivity contribution in [2.24, 2.45) is 5.10 Å². The molecule has 30 heavy (non-hydrogen) atoms. The van der Waals surface area contributed by atoms with E-state index in [2.05, 4.69) is 15.2 Å². The quantitative estimate of drug-likeness (QED) is 0.283. The molecule has 0 radical (unpaired) electrons. The summed E-state index contributed by atoms with van der Waals surface area (Å²) in [6.07, 6.45) is 1.40. The summed E-state index contributed by atoms with van der Waals surface area (Å²) in [6, 6.07) is 15.7. The number of anilines is 2. The van der Waals surface area contributed by atoms with Crippen LogP contribution in [0.15, 0.2) is 76.7 Å². The number of sulfonamides is 1. The molecule has 0 unspecified atom stereocenters. The summed E-state index contributed by atoms with van der Waals surface area (Å²) >= 11 is 6.01. The lowest BCUT2D eigenvalue weighted by Gasteiger charge is -2.12. The molecule has 0 atom stereocenters. The van der Waals surface area contributed by atoms with Gasteiger partial charge in [-0.05, 0) is 48.0 Å². The predicted molar refractivity (Wildman–Crippen MR) is 115 cm³/mol. The number of halogens is 1. The highest BCUT2D eigenvalue weighted by Gasteiger charge is 2.23. The van der Waals surface area contributed by atoms with Crippen LogP contribution in [0.5, 0.6) is 5.75 Å². The number of rotatable bonds is 7. The molecule has 3 aromatic rings. The highest BCUT2D eigenvalue weighted by atomic mass is 35.5. The number of phenols is 1. The minimum atomic E-state index is -4.23. The molecule has 0 saturated heterocycles. The molecule has 0 bridgehead atoms. The number of phenolic OH excluding ortho intramolecular Hbond substituents is 1. The zero-order valence-corrected chi connectivity index (χ0v) is 16.8. The fraction of sp³-hybridized carbons (Fsp3) is 0. The van der Waals surface area contributed by atoms with Gasteiger partial charge in [-0.25, -0.2) is 8.42 Å². The zero-order valence-electron chi connectivity index (χ0n) is 15.2. The maximum Gasteiger partial charge on any atom is 0.270 e. The van der Waals surface area contributed by atoms with Crippen LogP contribution < -0.4 is 10.1 Å². The first-order valence-corrected chi connectivity index (χ1v) is 10.3. The van der Waals surface area contributed by atoms with E-state index < -0.39 is 20.6 Å². The van der Waals surface area contributed by atoms with E-state index in [1.807, 2.05) is 0 Å². The summed E-state index contributed by atoms with van der Waals surface area (Å²) in [4.78, 5) is 10.1. The molecule has 0 amide bonds. The average molecular weight is 447 g/mol. The van der Waals surface area contributed by atoms with Crippen LogP contribution in [0, 0.1) is 10.1 Å². The van der Waals surface area contributed by atoms with Crippen molar-refractivity contribution >= 4 is 44.9 Å². The molecule has 3 aromatic carbocycles. The Hall–Kier alpha value is -3.63. The fourth-order valence-corrected chi connectivity index (χ4v) is 3.92. The van der Waals surface area contributed by atoms with Crippen molar-refractivity contribution in [3.05, 3.63) is 87.4 Å². The second-order valence-corrected chi connectivity index (χ2v) is 8.04. The van der Waals surface area contributed by atoms with Crippen LogP contribution in [0.3, 0.4) is 0 Å². The monoisotopic (exact) mass is 446 g/mol. The molecule has 0 aliphatic heterocycles. The van der Waals surface area contributed by atoms with Crippen LogP contribution in [0.2, 0.25) is 5.02 Å². The van der Waals surface area contributed by atoms with E-state index in [1.54, 1.807) is 24.3 Å². The Morgan fingerprint density at radius 1 is 1.03 bits per heavy atom. The first-order valence-electron chi connectivity index (χ1n) is 8.40. The summed E-state index contributed by atoms with van der Waals surface area (Å²) in [7, 11) is -4.23. The number of hydrogen-bond donors (Lipinski definition) is 3. The summed E-state index contributed by atoms with van der Waals surface area (Å²) < 4.78 is 28.1. The van der Waals surface area contributed by atoms with E-state index in [4.69, 9.17) is 11.6 Å². The number of nitrogens with zero attached hydrogens (tertiary/aromatic N) is 2. The van der Waals surface area contributed by atoms with Gasteiger partial charge in [-0.2, -0.15) is 5.10 Å². The van der Waals surface area contributed by atoms with Gasteiger partial charge in [-0.15, -0.1) is 0 Å². The standard InChI is InChI=1S/C19H15ClN4O5S/c20-16-3-1-2-4-17(16)23-30(28,29)19-11-14(24(26)27)7-10-18(19)22-21-12-13-5-8-15(25)9-6-13/h1-12,22-23,25H. The Labute approximate surface area is 176 Å². The molecule has 0 saturated carbocycles. The van der Waals surface area contributed by atoms with Crippen molar-refractivity contribution in [2.75, 3.05) is 10.1 Å². The summed E-state index contributed by atoms with van der Waals surface area (Å²) in [5.74, 6) is 0.0921. The molecule has 9 nitrogen and oxygen atoms in total. The Kier molecular flexibility index (Phi) is 6.19. The largest absolute Gasteiger partial charge is 0.508 e. The van der Waals surface area contributed by atoms with Crippen LogP contribution in [0.1, 0.15) is 5.56 Å². The third kappa shape index (κ3) is 5.04. The van der Waals surface area contributed by atoms with E-state index >= 15 is 0 Å². The van der Waals surface area contributed by atoms with Crippen LogP contribution in [0.25, 0.3) is 0 Å². The SMILES string of the molecule is O=[N+]([O-])c1ccc(NN=Cc2ccc(O)cc2)c(S(=O)(=O)Nc2ccccc2Cl)c1. The molecule has 0 aliphatic carbocycles. The van der Waals surface area contributed by atoms with Crippen LogP contribution in [-0.4, -0.2) is 24.7 Å². The number of nitro benzene ring substituents is 1. The fourth-order valence-electron chi connectivity index (χ4n) is 2.42. The lowest BCUT2D eigenvalue weighted by molar-refractivity contribution is -0.385. The minimum Gasteiger partial charge on any atom is -0.508 e. The highest BCUT2D eigenvalue weighted by Crippen LogP contribution is 2.30. The maximum absolute atomic E-state index is 12.9. The first kappa shape index (κ1) is 21.1. The zero-order chi connectivity index (χ0) is 21.7. The number of nitrogens with one attached hydrogen (secondary N) is 2. The molecular formula is C19H15ClN4O5S. The van der Waals surface area contributed by atoms with E-state index in [1.165, 1.54) is 36.5 Å². The normalized spacial score (nSPS) is 11.4. The van der Waals surface area contributed by atoms with Crippen LogP contribution >= 0.6 is 11.6 Å². The minimum absolute atomic E-state index is 0.0233. The van der Waals surface area contributed by atoms with Gasteiger partial charge in [0, 0.05) is 12.1 Å². The maximum atomic E-state index is 12.9. The Morgan fingerprint density at radius 2 is 1.73 bits per heavy atom. The van der Waals surface area contributed by atoms with E-state index in [0.717, 1.165) is 12.1 Å². The molecule has 0 heterocycles. The Balaban J connectivity index is 1.94. The van der Waals surface area contributed by atoms with Crippen molar-refractivity contribution in [3.8, 4) is 5.75 Å². The summed E-state index contributed by atoms with van der Waals surface area (Å²) in [5, 5.41) is 24.6. The Morgan fingerprint density at radius 3 is 2.40 bits per heavy atom. The van der Waals surface area contributed by atoms with Gasteiger partial charge in [-0.3, -0.25) is 20.3 Å². The number of para-hydroxylation sites is 1. The van der Waals surface area contributed by atoms with Gasteiger partial charge in [0.25, 0.3) is 15.7 Å². The van der Waals surface area contributed by atoms with Gasteiger partial charge in [0.2, 0.25) is 0 Å². The van der Waals surface area contributed by atoms with Crippen molar-refractivity contribution in [1.82, 2.24) is 0 Å². The van der Waals surface area contributed by atoms with Gasteiger partial charge < -0.3 is 5.11 Å². The first-order chi connectivity index (χ1) is 14.3. The highest BCUT2D eigenvalue weighted by molar-refractivity contribution is 7.93. The number of hydrazone groups is 1. The molecule has 0 spiro atoms. The van der Waals surface area contributed by atoms with Crippen molar-refractivity contribution in [2.45, 2.75) is 4.90 Å². The molecule has 11 heteroatoms. The van der Waals surface area contributed by atoms with E-state index in [9.17, 15) is 23.6 Å². The second kappa shape index (κ2) is 8.80. The van der Waals surface area contributed by atoms with Crippen LogP contribution in [0.4, 0.5) is 17.1 Å². The third-order valence-corrected chi connectivity index (χ3v) is 5.61. The number of nitro groups is 1. The molecule has 3 rings (SSSR count). The topological polar surface area (TPSA) is 134 Å². The van der Waals surface area contributed by atoms with Crippen LogP contribution in [-0.2, 0) is 10.0 Å². The van der Waals surface area contributed by atoms with Gasteiger partial charge in [-0.1, -0.05) is 23.7 Å². The summed E-state index contributed by atoms with van der Waals surface area (Å²) in [6.45, 7) is 0. The smallest absolute Gasteiger partial charge is 0.270 e. The number of benzene rings is 3. The molecule has 0 fully saturated rings. The van der Waals surface area contributed by atoms with E-state index in [0.29, 0.717) is 5.56 Å². The molecular weight excluding hydrogens is 432 g/mol. The van der Waals surface area contributed by atoms with Gasteiger partial charge >= 0.3 is 0 Å². The lowest BCUT2D eigenvalue weighted by Crippen LogP contribution is -2.15. The molecule has 0 aliphatic rings. The number of aromatic hydroxyl groups is 1. The van der Waals surface area contributed by atoms with Crippen molar-refractivity contribution in [1.29, 1.82) is 0 Å². The second-order valence-electron chi connectivity index (χ2n) is 5.98. The molecule has 0 aromatic heterocycles. The molecule has 3 N–H and O–H groups in total. The third-order valence-electron chi connectivity index (χ3n) is 3.88. The molecule has 154 valence electrons. The lowest BCUT2D eigenvalue weighted by atomic mass is 10.2. The summed E-state index contributed by atoms with van der Waals surface area (Å²) in [5.41, 5.74) is 2.97. The number of non-ortho nitro benzene ring substituents is 1. The van der Waals surface area contributed by atoms with Gasteiger partial charge in [0.1, 0.15) is 10.6 Å². The Bertz CT molecular complexity index is 1210.